The molecular formula is C18H28BrNOSi. The van der Waals surface area contributed by atoms with Crippen LogP contribution in [0.3, 0.4) is 0 Å². The zero-order valence-electron chi connectivity index (χ0n) is 14.6. The largest absolute Gasteiger partial charge is 0.454 e. The van der Waals surface area contributed by atoms with Crippen molar-refractivity contribution < 1.29 is 4.53 Å². The SMILES string of the molecule is CC(C)[Si](O/N=C1/CCc2ccc(Br)cc21)(C(C)C)C(C)C. The quantitative estimate of drug-likeness (QED) is 0.433. The van der Waals surface area contributed by atoms with Crippen LogP contribution in [0.2, 0.25) is 16.6 Å². The van der Waals surface area contributed by atoms with E-state index in [0.29, 0.717) is 16.6 Å². The van der Waals surface area contributed by atoms with Gasteiger partial charge in [-0.1, -0.05) is 63.5 Å². The molecule has 1 aromatic rings. The van der Waals surface area contributed by atoms with Gasteiger partial charge >= 0.3 is 0 Å². The van der Waals surface area contributed by atoms with Gasteiger partial charge in [-0.2, -0.15) is 0 Å². The molecule has 0 atom stereocenters. The van der Waals surface area contributed by atoms with Gasteiger partial charge in [0, 0.05) is 10.0 Å². The van der Waals surface area contributed by atoms with Gasteiger partial charge in [-0.15, -0.1) is 5.16 Å². The third kappa shape index (κ3) is 3.18. The van der Waals surface area contributed by atoms with E-state index in [1.54, 1.807) is 0 Å². The summed E-state index contributed by atoms with van der Waals surface area (Å²) in [7, 11) is -1.93. The number of halogens is 1. The Labute approximate surface area is 144 Å². The van der Waals surface area contributed by atoms with E-state index in [4.69, 9.17) is 9.68 Å². The van der Waals surface area contributed by atoms with E-state index in [1.165, 1.54) is 11.1 Å². The molecule has 0 radical (unpaired) electrons. The number of nitrogens with zero attached hydrogens (tertiary/aromatic N) is 1. The summed E-state index contributed by atoms with van der Waals surface area (Å²) >= 11 is 3.57. The van der Waals surface area contributed by atoms with Gasteiger partial charge in [0.05, 0.1) is 5.71 Å². The summed E-state index contributed by atoms with van der Waals surface area (Å²) < 4.78 is 7.52. The normalized spacial score (nSPS) is 16.9. The van der Waals surface area contributed by atoms with Crippen molar-refractivity contribution in [2.45, 2.75) is 71.0 Å². The molecule has 0 saturated heterocycles. The first-order valence-electron chi connectivity index (χ1n) is 8.32. The van der Waals surface area contributed by atoms with Gasteiger partial charge in [0.15, 0.2) is 0 Å². The molecule has 0 bridgehead atoms. The Bertz CT molecular complexity index is 544. The molecule has 22 heavy (non-hydrogen) atoms. The number of hydrogen-bond donors (Lipinski definition) is 0. The number of benzene rings is 1. The van der Waals surface area contributed by atoms with Crippen LogP contribution in [-0.4, -0.2) is 14.0 Å². The smallest absolute Gasteiger partial charge is 0.295 e. The molecule has 0 aromatic heterocycles. The molecule has 0 spiro atoms. The molecule has 0 unspecified atom stereocenters. The Kier molecular flexibility index (Phi) is 5.54. The van der Waals surface area contributed by atoms with E-state index >= 15 is 0 Å². The number of hydrogen-bond acceptors (Lipinski definition) is 2. The molecular weight excluding hydrogens is 354 g/mol. The van der Waals surface area contributed by atoms with Gasteiger partial charge in [0.1, 0.15) is 0 Å². The third-order valence-electron chi connectivity index (χ3n) is 5.04. The van der Waals surface area contributed by atoms with Gasteiger partial charge in [-0.3, -0.25) is 0 Å². The summed E-state index contributed by atoms with van der Waals surface area (Å²) in [6.07, 6.45) is 2.06. The number of aryl methyl sites for hydroxylation is 1. The molecule has 2 rings (SSSR count). The lowest BCUT2D eigenvalue weighted by molar-refractivity contribution is 0.296. The Morgan fingerprint density at radius 1 is 1.00 bits per heavy atom. The highest BCUT2D eigenvalue weighted by Crippen LogP contribution is 2.42. The first-order valence-corrected chi connectivity index (χ1v) is 11.3. The van der Waals surface area contributed by atoms with Gasteiger partial charge in [0.2, 0.25) is 0 Å². The summed E-state index contributed by atoms with van der Waals surface area (Å²) in [4.78, 5) is 0. The van der Waals surface area contributed by atoms with Crippen molar-refractivity contribution in [3.8, 4) is 0 Å². The van der Waals surface area contributed by atoms with Crippen molar-refractivity contribution in [1.29, 1.82) is 0 Å². The lowest BCUT2D eigenvalue weighted by Gasteiger charge is -2.39. The summed E-state index contributed by atoms with van der Waals surface area (Å²) in [5.41, 5.74) is 5.43. The van der Waals surface area contributed by atoms with Crippen molar-refractivity contribution in [2.24, 2.45) is 5.16 Å². The van der Waals surface area contributed by atoms with E-state index in [9.17, 15) is 0 Å². The van der Waals surface area contributed by atoms with E-state index in [2.05, 4.69) is 75.7 Å². The number of fused-ring (bicyclic) bond motifs is 1. The standard InChI is InChI=1S/C18H28BrNOSi/c1-12(2)22(13(3)4,14(5)6)21-20-18-10-8-15-7-9-16(19)11-17(15)18/h7,9,11-14H,8,10H2,1-6H3/b20-18-. The second-order valence-electron chi connectivity index (χ2n) is 7.25. The van der Waals surface area contributed by atoms with Gasteiger partial charge in [-0.25, -0.2) is 0 Å². The van der Waals surface area contributed by atoms with Crippen LogP contribution in [0.25, 0.3) is 0 Å². The first kappa shape index (κ1) is 17.7. The van der Waals surface area contributed by atoms with E-state index < -0.39 is 8.32 Å². The lowest BCUT2D eigenvalue weighted by atomic mass is 10.1. The maximum atomic E-state index is 6.41. The Morgan fingerprint density at radius 2 is 1.59 bits per heavy atom. The first-order chi connectivity index (χ1) is 10.3. The van der Waals surface area contributed by atoms with Gasteiger partial charge in [0.25, 0.3) is 8.32 Å². The fourth-order valence-electron chi connectivity index (χ4n) is 3.97. The molecule has 1 aromatic carbocycles. The second kappa shape index (κ2) is 6.87. The highest BCUT2D eigenvalue weighted by molar-refractivity contribution is 9.10. The number of rotatable bonds is 5. The minimum absolute atomic E-state index is 0.556. The average Bonchev–Trinajstić information content (AvgIpc) is 2.80. The van der Waals surface area contributed by atoms with Crippen LogP contribution >= 0.6 is 15.9 Å². The molecule has 0 fully saturated rings. The summed E-state index contributed by atoms with van der Waals surface area (Å²) in [5.74, 6) is 0. The molecule has 0 aliphatic heterocycles. The predicted molar refractivity (Wildman–Crippen MR) is 101 cm³/mol. The van der Waals surface area contributed by atoms with Crippen molar-refractivity contribution in [3.63, 3.8) is 0 Å². The Balaban J connectivity index is 2.33. The van der Waals surface area contributed by atoms with Crippen LogP contribution in [0.1, 0.15) is 59.1 Å². The van der Waals surface area contributed by atoms with Crippen LogP contribution in [0.15, 0.2) is 27.8 Å². The van der Waals surface area contributed by atoms with Crippen molar-refractivity contribution in [1.82, 2.24) is 0 Å². The monoisotopic (exact) mass is 381 g/mol. The molecule has 0 heterocycles. The van der Waals surface area contributed by atoms with Gasteiger partial charge in [-0.05, 0) is 47.2 Å². The molecule has 0 saturated carbocycles. The highest BCUT2D eigenvalue weighted by Gasteiger charge is 2.48. The maximum absolute atomic E-state index is 6.41. The van der Waals surface area contributed by atoms with Crippen LogP contribution < -0.4 is 0 Å². The maximum Gasteiger partial charge on any atom is 0.295 e. The van der Waals surface area contributed by atoms with Crippen molar-refractivity contribution in [3.05, 3.63) is 33.8 Å². The predicted octanol–water partition coefficient (Wildman–Crippen LogP) is 6.29. The van der Waals surface area contributed by atoms with Crippen molar-refractivity contribution in [2.75, 3.05) is 0 Å². The molecule has 0 amide bonds. The Morgan fingerprint density at radius 3 is 2.14 bits per heavy atom. The number of oxime groups is 1. The van der Waals surface area contributed by atoms with E-state index in [0.717, 1.165) is 23.0 Å². The fourth-order valence-corrected chi connectivity index (χ4v) is 9.23. The third-order valence-corrected chi connectivity index (χ3v) is 11.3. The molecule has 1 aliphatic rings. The molecule has 0 N–H and O–H groups in total. The molecule has 4 heteroatoms. The molecule has 122 valence electrons. The van der Waals surface area contributed by atoms with Crippen LogP contribution in [0, 0.1) is 0 Å². The van der Waals surface area contributed by atoms with Crippen molar-refractivity contribution >= 4 is 30.0 Å². The minimum atomic E-state index is -1.93. The minimum Gasteiger partial charge on any atom is -0.454 e. The fraction of sp³-hybridized carbons (Fsp3) is 0.611. The van der Waals surface area contributed by atoms with Crippen LogP contribution in [-0.2, 0) is 10.9 Å². The zero-order valence-corrected chi connectivity index (χ0v) is 17.2. The van der Waals surface area contributed by atoms with E-state index in [1.807, 2.05) is 0 Å². The highest BCUT2D eigenvalue weighted by atomic mass is 79.9. The molecule has 1 aliphatic carbocycles. The second-order valence-corrected chi connectivity index (χ2v) is 13.5. The summed E-state index contributed by atoms with van der Waals surface area (Å²) in [6.45, 7) is 13.8. The van der Waals surface area contributed by atoms with Crippen LogP contribution in [0.5, 0.6) is 0 Å². The summed E-state index contributed by atoms with van der Waals surface area (Å²) in [6, 6.07) is 6.48. The average molecular weight is 382 g/mol. The topological polar surface area (TPSA) is 21.6 Å². The Hall–Kier alpha value is -0.613. The summed E-state index contributed by atoms with van der Waals surface area (Å²) in [5, 5.41) is 4.70. The van der Waals surface area contributed by atoms with Gasteiger partial charge < -0.3 is 4.53 Å². The zero-order chi connectivity index (χ0) is 16.5. The van der Waals surface area contributed by atoms with E-state index in [-0.39, 0.29) is 0 Å². The van der Waals surface area contributed by atoms with Crippen LogP contribution in [0.4, 0.5) is 0 Å². The molecule has 2 nitrogen and oxygen atoms in total. The lowest BCUT2D eigenvalue weighted by Crippen LogP contribution is -2.46.